The number of aliphatic hydroxyl groups excluding tert-OH is 1. The third-order valence-electron chi connectivity index (χ3n) is 3.02. The number of pyridine rings is 1. The van der Waals surface area contributed by atoms with E-state index in [-0.39, 0.29) is 23.7 Å². The molecule has 1 heterocycles. The molecular weight excluding hydrogens is 259 g/mol. The fourth-order valence-electron chi connectivity index (χ4n) is 1.94. The summed E-state index contributed by atoms with van der Waals surface area (Å²) < 4.78 is 13.6. The Kier molecular flexibility index (Phi) is 5.01. The molecule has 0 bridgehead atoms. The van der Waals surface area contributed by atoms with Gasteiger partial charge in [0.2, 0.25) is 0 Å². The number of aromatic nitrogens is 1. The number of para-hydroxylation sites is 1. The molecule has 5 heteroatoms. The summed E-state index contributed by atoms with van der Waals surface area (Å²) in [6.07, 6.45) is 2.39. The van der Waals surface area contributed by atoms with Crippen molar-refractivity contribution in [3.63, 3.8) is 0 Å². The molecule has 0 saturated heterocycles. The van der Waals surface area contributed by atoms with Gasteiger partial charge >= 0.3 is 0 Å². The molecule has 2 N–H and O–H groups in total. The van der Waals surface area contributed by atoms with Gasteiger partial charge in [0.25, 0.3) is 5.91 Å². The lowest BCUT2D eigenvalue weighted by atomic mass is 10.2. The maximum absolute atomic E-state index is 13.6. The highest BCUT2D eigenvalue weighted by molar-refractivity contribution is 5.94. The fraction of sp³-hybridized carbons (Fsp3) is 0.333. The number of rotatable bonds is 6. The molecule has 0 aliphatic heterocycles. The Hall–Kier alpha value is -2.01. The molecule has 0 radical (unpaired) electrons. The lowest BCUT2D eigenvalue weighted by molar-refractivity contribution is 0.0948. The lowest BCUT2D eigenvalue weighted by Crippen LogP contribution is -2.25. The molecule has 0 fully saturated rings. The zero-order valence-corrected chi connectivity index (χ0v) is 11.1. The number of fused-ring (bicyclic) bond motifs is 1. The number of nitrogens with one attached hydrogen (secondary N) is 1. The molecule has 1 amide bonds. The minimum atomic E-state index is -0.430. The van der Waals surface area contributed by atoms with Crippen molar-refractivity contribution in [3.05, 3.63) is 41.8 Å². The molecule has 0 aliphatic carbocycles. The van der Waals surface area contributed by atoms with Crippen LogP contribution in [0.1, 0.15) is 29.8 Å². The van der Waals surface area contributed by atoms with Crippen LogP contribution in [-0.4, -0.2) is 29.1 Å². The highest BCUT2D eigenvalue weighted by Gasteiger charge is 2.09. The summed E-state index contributed by atoms with van der Waals surface area (Å²) in [6.45, 7) is 0.690. The monoisotopic (exact) mass is 276 g/mol. The first kappa shape index (κ1) is 14.4. The molecule has 20 heavy (non-hydrogen) atoms. The van der Waals surface area contributed by atoms with Crippen LogP contribution in [0.2, 0.25) is 0 Å². The van der Waals surface area contributed by atoms with Crippen molar-refractivity contribution in [2.45, 2.75) is 19.3 Å². The summed E-state index contributed by atoms with van der Waals surface area (Å²) in [6, 6.07) is 7.96. The van der Waals surface area contributed by atoms with Crippen molar-refractivity contribution in [1.29, 1.82) is 0 Å². The molecule has 0 atom stereocenters. The second-order valence-corrected chi connectivity index (χ2v) is 4.55. The van der Waals surface area contributed by atoms with E-state index < -0.39 is 5.82 Å². The van der Waals surface area contributed by atoms with Gasteiger partial charge in [0, 0.05) is 18.5 Å². The van der Waals surface area contributed by atoms with E-state index in [0.29, 0.717) is 11.9 Å². The van der Waals surface area contributed by atoms with Crippen molar-refractivity contribution >= 4 is 16.8 Å². The SMILES string of the molecule is O=C(NCCCCCO)c1ccc2cccc(F)c2n1. The Morgan fingerprint density at radius 3 is 2.85 bits per heavy atom. The number of aliphatic hydroxyl groups is 1. The molecule has 0 spiro atoms. The third kappa shape index (κ3) is 3.51. The largest absolute Gasteiger partial charge is 0.396 e. The van der Waals surface area contributed by atoms with Crippen molar-refractivity contribution in [3.8, 4) is 0 Å². The van der Waals surface area contributed by atoms with Crippen LogP contribution in [0.15, 0.2) is 30.3 Å². The van der Waals surface area contributed by atoms with E-state index in [1.54, 1.807) is 24.3 Å². The van der Waals surface area contributed by atoms with Gasteiger partial charge in [-0.3, -0.25) is 4.79 Å². The molecule has 0 aliphatic rings. The summed E-state index contributed by atoms with van der Waals surface area (Å²) in [5, 5.41) is 12.1. The number of amides is 1. The van der Waals surface area contributed by atoms with Crippen LogP contribution in [0.3, 0.4) is 0 Å². The molecule has 0 saturated carbocycles. The number of hydrogen-bond acceptors (Lipinski definition) is 3. The summed E-state index contributed by atoms with van der Waals surface area (Å²) in [5.41, 5.74) is 0.421. The number of benzene rings is 1. The van der Waals surface area contributed by atoms with E-state index in [4.69, 9.17) is 5.11 Å². The van der Waals surface area contributed by atoms with Crippen LogP contribution >= 0.6 is 0 Å². The minimum absolute atomic E-state index is 0.166. The van der Waals surface area contributed by atoms with Gasteiger partial charge in [-0.05, 0) is 31.4 Å². The number of carbonyl (C=O) groups is 1. The van der Waals surface area contributed by atoms with E-state index in [2.05, 4.69) is 10.3 Å². The van der Waals surface area contributed by atoms with Gasteiger partial charge in [0.1, 0.15) is 17.0 Å². The van der Waals surface area contributed by atoms with Crippen LogP contribution in [0.25, 0.3) is 10.9 Å². The van der Waals surface area contributed by atoms with E-state index in [1.165, 1.54) is 6.07 Å². The van der Waals surface area contributed by atoms with Gasteiger partial charge in [0.05, 0.1) is 0 Å². The van der Waals surface area contributed by atoms with Gasteiger partial charge in [-0.25, -0.2) is 9.37 Å². The quantitative estimate of drug-likeness (QED) is 0.796. The Bertz CT molecular complexity index is 601. The highest BCUT2D eigenvalue weighted by atomic mass is 19.1. The van der Waals surface area contributed by atoms with Crippen molar-refractivity contribution in [2.24, 2.45) is 0 Å². The first-order valence-electron chi connectivity index (χ1n) is 6.66. The second kappa shape index (κ2) is 6.96. The fourth-order valence-corrected chi connectivity index (χ4v) is 1.94. The van der Waals surface area contributed by atoms with Gasteiger partial charge in [0.15, 0.2) is 0 Å². The maximum atomic E-state index is 13.6. The van der Waals surface area contributed by atoms with Crippen LogP contribution in [0, 0.1) is 5.82 Å². The normalized spacial score (nSPS) is 10.7. The number of halogens is 1. The van der Waals surface area contributed by atoms with Crippen LogP contribution < -0.4 is 5.32 Å². The molecule has 1 aromatic heterocycles. The smallest absolute Gasteiger partial charge is 0.269 e. The zero-order chi connectivity index (χ0) is 14.4. The summed E-state index contributed by atoms with van der Waals surface area (Å²) in [4.78, 5) is 15.9. The third-order valence-corrected chi connectivity index (χ3v) is 3.02. The van der Waals surface area contributed by atoms with E-state index in [0.717, 1.165) is 19.3 Å². The Labute approximate surface area is 116 Å². The van der Waals surface area contributed by atoms with Crippen molar-refractivity contribution in [1.82, 2.24) is 10.3 Å². The van der Waals surface area contributed by atoms with Gasteiger partial charge < -0.3 is 10.4 Å². The molecular formula is C15H17FN2O2. The van der Waals surface area contributed by atoms with E-state index >= 15 is 0 Å². The van der Waals surface area contributed by atoms with Crippen molar-refractivity contribution in [2.75, 3.05) is 13.2 Å². The zero-order valence-electron chi connectivity index (χ0n) is 11.1. The van der Waals surface area contributed by atoms with Crippen LogP contribution in [0.4, 0.5) is 4.39 Å². The summed E-state index contributed by atoms with van der Waals surface area (Å²) in [7, 11) is 0. The number of hydrogen-bond donors (Lipinski definition) is 2. The first-order valence-corrected chi connectivity index (χ1v) is 6.66. The van der Waals surface area contributed by atoms with Gasteiger partial charge in [-0.2, -0.15) is 0 Å². The van der Waals surface area contributed by atoms with Crippen LogP contribution in [0.5, 0.6) is 0 Å². The first-order chi connectivity index (χ1) is 9.72. The lowest BCUT2D eigenvalue weighted by Gasteiger charge is -2.05. The topological polar surface area (TPSA) is 62.2 Å². The second-order valence-electron chi connectivity index (χ2n) is 4.55. The number of unbranched alkanes of at least 4 members (excludes halogenated alkanes) is 2. The van der Waals surface area contributed by atoms with Gasteiger partial charge in [-0.1, -0.05) is 18.2 Å². The molecule has 0 unspecified atom stereocenters. The minimum Gasteiger partial charge on any atom is -0.396 e. The predicted molar refractivity (Wildman–Crippen MR) is 75.0 cm³/mol. The van der Waals surface area contributed by atoms with Gasteiger partial charge in [-0.15, -0.1) is 0 Å². The summed E-state index contributed by atoms with van der Waals surface area (Å²) >= 11 is 0. The number of nitrogens with zero attached hydrogens (tertiary/aromatic N) is 1. The van der Waals surface area contributed by atoms with Crippen LogP contribution in [-0.2, 0) is 0 Å². The summed E-state index contributed by atoms with van der Waals surface area (Å²) in [5.74, 6) is -0.737. The standard InChI is InChI=1S/C15H17FN2O2/c16-12-6-4-5-11-7-8-13(18-14(11)12)15(20)17-9-2-1-3-10-19/h4-8,19H,1-3,9-10H2,(H,17,20). The average molecular weight is 276 g/mol. The van der Waals surface area contributed by atoms with E-state index in [1.807, 2.05) is 0 Å². The Morgan fingerprint density at radius 2 is 2.05 bits per heavy atom. The Balaban J connectivity index is 2.01. The van der Waals surface area contributed by atoms with E-state index in [9.17, 15) is 9.18 Å². The molecule has 2 rings (SSSR count). The molecule has 1 aromatic carbocycles. The number of carbonyl (C=O) groups excluding carboxylic acids is 1. The molecule has 2 aromatic rings. The Morgan fingerprint density at radius 1 is 1.20 bits per heavy atom. The maximum Gasteiger partial charge on any atom is 0.269 e. The average Bonchev–Trinajstić information content (AvgIpc) is 2.47. The molecule has 4 nitrogen and oxygen atoms in total. The van der Waals surface area contributed by atoms with Crippen molar-refractivity contribution < 1.29 is 14.3 Å². The highest BCUT2D eigenvalue weighted by Crippen LogP contribution is 2.15. The molecule has 106 valence electrons. The predicted octanol–water partition coefficient (Wildman–Crippen LogP) is 2.27.